The van der Waals surface area contributed by atoms with Crippen LogP contribution in [0.2, 0.25) is 0 Å². The van der Waals surface area contributed by atoms with Crippen molar-refractivity contribution in [3.8, 4) is 0 Å². The molecule has 0 bridgehead atoms. The fraction of sp³-hybridized carbons (Fsp3) is 0.409. The van der Waals surface area contributed by atoms with Crippen LogP contribution in [0, 0.1) is 0 Å². The van der Waals surface area contributed by atoms with Gasteiger partial charge < -0.3 is 4.90 Å². The van der Waals surface area contributed by atoms with Crippen LogP contribution < -0.4 is 4.90 Å². The van der Waals surface area contributed by atoms with Crippen molar-refractivity contribution in [2.75, 3.05) is 31.1 Å². The van der Waals surface area contributed by atoms with Crippen LogP contribution in [0.3, 0.4) is 0 Å². The molecule has 0 aromatic heterocycles. The van der Waals surface area contributed by atoms with Gasteiger partial charge in [-0.2, -0.15) is 13.2 Å². The normalized spacial score (nSPS) is 17.2. The van der Waals surface area contributed by atoms with Gasteiger partial charge in [-0.25, -0.2) is 0 Å². The topological polar surface area (TPSA) is 23.6 Å². The van der Waals surface area contributed by atoms with Gasteiger partial charge in [-0.3, -0.25) is 9.69 Å². The Balaban J connectivity index is 1.98. The largest absolute Gasteiger partial charge is 0.416 e. The summed E-state index contributed by atoms with van der Waals surface area (Å²) in [5.41, 5.74) is 0.748. The van der Waals surface area contributed by atoms with Gasteiger partial charge in [-0.1, -0.05) is 44.2 Å². The van der Waals surface area contributed by atoms with E-state index in [2.05, 4.69) is 0 Å². The molecule has 1 heterocycles. The molecule has 0 fully saturated rings. The molecule has 1 unspecified atom stereocenters. The summed E-state index contributed by atoms with van der Waals surface area (Å²) < 4.78 is 40.0. The number of amides is 1. The minimum Gasteiger partial charge on any atom is -0.310 e. The Morgan fingerprint density at radius 1 is 1.14 bits per heavy atom. The first-order valence-corrected chi connectivity index (χ1v) is 10.7. The number of alkyl halides is 3. The van der Waals surface area contributed by atoms with Crippen LogP contribution in [-0.2, 0) is 11.0 Å². The summed E-state index contributed by atoms with van der Waals surface area (Å²) in [6.07, 6.45) is -3.77. The number of benzene rings is 2. The van der Waals surface area contributed by atoms with Gasteiger partial charge in [0.05, 0.1) is 17.8 Å². The summed E-state index contributed by atoms with van der Waals surface area (Å²) in [6, 6.07) is 13.6. The number of hydrogen-bond donors (Lipinski definition) is 0. The van der Waals surface area contributed by atoms with Gasteiger partial charge in [0.2, 0.25) is 5.91 Å². The highest BCUT2D eigenvalue weighted by Crippen LogP contribution is 2.46. The third-order valence-electron chi connectivity index (χ3n) is 5.19. The average Bonchev–Trinajstić information content (AvgIpc) is 2.91. The monoisotopic (exact) mass is 422 g/mol. The SMILES string of the molecule is CCN(CC)CC(=O)N1CCC(c2ccccc2)Sc2ccc(C(F)(F)F)cc21. The predicted molar refractivity (Wildman–Crippen MR) is 111 cm³/mol. The summed E-state index contributed by atoms with van der Waals surface area (Å²) in [7, 11) is 0. The van der Waals surface area contributed by atoms with Crippen LogP contribution in [0.15, 0.2) is 53.4 Å². The van der Waals surface area contributed by atoms with E-state index in [1.54, 1.807) is 4.90 Å². The van der Waals surface area contributed by atoms with Crippen molar-refractivity contribution >= 4 is 23.4 Å². The summed E-state index contributed by atoms with van der Waals surface area (Å²) in [4.78, 5) is 17.3. The molecule has 1 atom stereocenters. The fourth-order valence-electron chi connectivity index (χ4n) is 3.47. The molecule has 2 aromatic rings. The molecular formula is C22H25F3N2OS. The third kappa shape index (κ3) is 5.14. The Morgan fingerprint density at radius 3 is 2.45 bits per heavy atom. The summed E-state index contributed by atoms with van der Waals surface area (Å²) in [5, 5.41) is 0.0814. The van der Waals surface area contributed by atoms with Crippen molar-refractivity contribution in [2.45, 2.75) is 36.6 Å². The number of carbonyl (C=O) groups excluding carboxylic acids is 1. The molecular weight excluding hydrogens is 397 g/mol. The molecule has 1 amide bonds. The van der Waals surface area contributed by atoms with Crippen LogP contribution in [-0.4, -0.2) is 37.0 Å². The van der Waals surface area contributed by atoms with Gasteiger partial charge in [-0.15, -0.1) is 11.8 Å². The molecule has 0 radical (unpaired) electrons. The number of halogens is 3. The number of carbonyl (C=O) groups is 1. The molecule has 0 saturated carbocycles. The molecule has 0 N–H and O–H groups in total. The minimum absolute atomic E-state index is 0.0814. The van der Waals surface area contributed by atoms with Crippen molar-refractivity contribution in [1.82, 2.24) is 4.90 Å². The minimum atomic E-state index is -4.45. The van der Waals surface area contributed by atoms with Crippen molar-refractivity contribution in [3.63, 3.8) is 0 Å². The lowest BCUT2D eigenvalue weighted by atomic mass is 10.1. The lowest BCUT2D eigenvalue weighted by Gasteiger charge is -2.26. The Labute approximate surface area is 173 Å². The smallest absolute Gasteiger partial charge is 0.310 e. The molecule has 29 heavy (non-hydrogen) atoms. The fourth-order valence-corrected chi connectivity index (χ4v) is 4.73. The van der Waals surface area contributed by atoms with E-state index in [4.69, 9.17) is 0 Å². The van der Waals surface area contributed by atoms with E-state index in [0.29, 0.717) is 36.6 Å². The van der Waals surface area contributed by atoms with Crippen molar-refractivity contribution in [1.29, 1.82) is 0 Å². The number of thioether (sulfide) groups is 1. The molecule has 156 valence electrons. The summed E-state index contributed by atoms with van der Waals surface area (Å²) in [5.74, 6) is -0.163. The maximum atomic E-state index is 13.3. The molecule has 2 aromatic carbocycles. The highest BCUT2D eigenvalue weighted by Gasteiger charge is 2.34. The molecule has 1 aliphatic rings. The molecule has 0 spiro atoms. The summed E-state index contributed by atoms with van der Waals surface area (Å²) >= 11 is 1.53. The maximum Gasteiger partial charge on any atom is 0.416 e. The van der Waals surface area contributed by atoms with E-state index in [-0.39, 0.29) is 17.7 Å². The predicted octanol–water partition coefficient (Wildman–Crippen LogP) is 5.62. The Morgan fingerprint density at radius 2 is 1.83 bits per heavy atom. The second kappa shape index (κ2) is 9.22. The van der Waals surface area contributed by atoms with E-state index in [0.717, 1.165) is 17.7 Å². The number of likely N-dealkylation sites (N-methyl/N-ethyl adjacent to an activating group) is 1. The first-order chi connectivity index (χ1) is 13.8. The second-order valence-corrected chi connectivity index (χ2v) is 8.24. The van der Waals surface area contributed by atoms with E-state index in [9.17, 15) is 18.0 Å². The number of anilines is 1. The van der Waals surface area contributed by atoms with Gasteiger partial charge in [0.15, 0.2) is 0 Å². The quantitative estimate of drug-likeness (QED) is 0.625. The zero-order chi connectivity index (χ0) is 21.0. The van der Waals surface area contributed by atoms with E-state index in [1.807, 2.05) is 49.1 Å². The summed E-state index contributed by atoms with van der Waals surface area (Å²) in [6.45, 7) is 5.95. The molecule has 0 saturated heterocycles. The number of rotatable bonds is 5. The van der Waals surface area contributed by atoms with Gasteiger partial charge in [0.1, 0.15) is 0 Å². The first kappa shape index (κ1) is 21.7. The lowest BCUT2D eigenvalue weighted by molar-refractivity contribution is -0.137. The highest BCUT2D eigenvalue weighted by atomic mass is 32.2. The molecule has 7 heteroatoms. The Hall–Kier alpha value is -1.99. The zero-order valence-corrected chi connectivity index (χ0v) is 17.4. The number of nitrogens with zero attached hydrogens (tertiary/aromatic N) is 2. The third-order valence-corrected chi connectivity index (χ3v) is 6.58. The second-order valence-electron chi connectivity index (χ2n) is 6.99. The van der Waals surface area contributed by atoms with Gasteiger partial charge in [0, 0.05) is 16.7 Å². The van der Waals surface area contributed by atoms with E-state index in [1.165, 1.54) is 17.8 Å². The molecule has 1 aliphatic heterocycles. The van der Waals surface area contributed by atoms with Gasteiger partial charge in [0.25, 0.3) is 0 Å². The Bertz CT molecular complexity index is 838. The molecule has 0 aliphatic carbocycles. The van der Waals surface area contributed by atoms with E-state index >= 15 is 0 Å². The number of hydrogen-bond acceptors (Lipinski definition) is 3. The van der Waals surface area contributed by atoms with Crippen molar-refractivity contribution < 1.29 is 18.0 Å². The van der Waals surface area contributed by atoms with Crippen molar-refractivity contribution in [3.05, 3.63) is 59.7 Å². The van der Waals surface area contributed by atoms with Gasteiger partial charge in [-0.05, 0) is 43.3 Å². The van der Waals surface area contributed by atoms with Crippen LogP contribution in [0.5, 0.6) is 0 Å². The maximum absolute atomic E-state index is 13.3. The highest BCUT2D eigenvalue weighted by molar-refractivity contribution is 7.99. The van der Waals surface area contributed by atoms with Gasteiger partial charge >= 0.3 is 6.18 Å². The van der Waals surface area contributed by atoms with Crippen LogP contribution in [0.25, 0.3) is 0 Å². The lowest BCUT2D eigenvalue weighted by Crippen LogP contribution is -2.41. The van der Waals surface area contributed by atoms with Crippen LogP contribution in [0.4, 0.5) is 18.9 Å². The van der Waals surface area contributed by atoms with Crippen LogP contribution >= 0.6 is 11.8 Å². The molecule has 3 rings (SSSR count). The Kier molecular flexibility index (Phi) is 6.90. The standard InChI is InChI=1S/C22H25F3N2OS/c1-3-26(4-2)15-21(28)27-13-12-19(16-8-6-5-7-9-16)29-20-11-10-17(14-18(20)27)22(23,24)25/h5-11,14,19H,3-4,12-13,15H2,1-2H3. The number of fused-ring (bicyclic) bond motifs is 1. The average molecular weight is 423 g/mol. The molecule has 3 nitrogen and oxygen atoms in total. The van der Waals surface area contributed by atoms with E-state index < -0.39 is 11.7 Å². The van der Waals surface area contributed by atoms with Crippen LogP contribution in [0.1, 0.15) is 36.6 Å². The van der Waals surface area contributed by atoms with Crippen molar-refractivity contribution in [2.24, 2.45) is 0 Å². The zero-order valence-electron chi connectivity index (χ0n) is 16.6. The first-order valence-electron chi connectivity index (χ1n) is 9.79.